The minimum Gasteiger partial charge on any atom is -0.457 e. The molecular weight excluding hydrogens is 537 g/mol. The summed E-state index contributed by atoms with van der Waals surface area (Å²) >= 11 is 0. The molecule has 42 heavy (non-hydrogen) atoms. The number of piperidine rings is 1. The number of aromatic nitrogens is 4. The summed E-state index contributed by atoms with van der Waals surface area (Å²) in [6.45, 7) is 6.34. The predicted octanol–water partition coefficient (Wildman–Crippen LogP) is 5.29. The first kappa shape index (κ1) is 28.7. The molecule has 5 rings (SSSR count). The third-order valence-corrected chi connectivity index (χ3v) is 6.98. The van der Waals surface area contributed by atoms with E-state index in [1.165, 1.54) is 12.4 Å². The number of carbonyl (C=O) groups excluding carboxylic acids is 1. The fourth-order valence-corrected chi connectivity index (χ4v) is 5.10. The van der Waals surface area contributed by atoms with Crippen molar-refractivity contribution in [3.63, 3.8) is 0 Å². The van der Waals surface area contributed by atoms with E-state index >= 15 is 4.39 Å². The number of carbonyl (C=O) groups is 1. The average molecular weight is 570 g/mol. The van der Waals surface area contributed by atoms with E-state index in [0.29, 0.717) is 35.5 Å². The number of rotatable bonds is 6. The fourth-order valence-electron chi connectivity index (χ4n) is 5.10. The van der Waals surface area contributed by atoms with Crippen molar-refractivity contribution in [3.05, 3.63) is 72.3 Å². The highest BCUT2D eigenvalue weighted by Crippen LogP contribution is 2.37. The maximum atomic E-state index is 15.6. The van der Waals surface area contributed by atoms with E-state index in [1.54, 1.807) is 47.0 Å². The molecule has 0 spiro atoms. The van der Waals surface area contributed by atoms with Crippen LogP contribution in [0.2, 0.25) is 0 Å². The van der Waals surface area contributed by atoms with Crippen molar-refractivity contribution in [3.8, 4) is 28.8 Å². The van der Waals surface area contributed by atoms with E-state index in [4.69, 9.17) is 20.3 Å². The lowest BCUT2D eigenvalue weighted by molar-refractivity contribution is -0.131. The lowest BCUT2D eigenvalue weighted by Gasteiger charge is -2.37. The zero-order valence-corrected chi connectivity index (χ0v) is 23.9. The summed E-state index contributed by atoms with van der Waals surface area (Å²) in [6.07, 6.45) is 3.18. The number of amides is 1. The number of anilines is 1. The number of halogens is 1. The Morgan fingerprint density at radius 1 is 1.14 bits per heavy atom. The number of hydrogen-bond donors (Lipinski definition) is 1. The van der Waals surface area contributed by atoms with Crippen LogP contribution in [0.15, 0.2) is 66.5 Å². The number of likely N-dealkylation sites (tertiary alicyclic amines) is 1. The van der Waals surface area contributed by atoms with E-state index in [-0.39, 0.29) is 46.6 Å². The van der Waals surface area contributed by atoms with E-state index < -0.39 is 11.9 Å². The van der Waals surface area contributed by atoms with Gasteiger partial charge in [-0.05, 0) is 36.1 Å². The van der Waals surface area contributed by atoms with E-state index in [9.17, 15) is 10.1 Å². The lowest BCUT2D eigenvalue weighted by Crippen LogP contribution is -2.48. The molecule has 4 aromatic rings. The van der Waals surface area contributed by atoms with Crippen LogP contribution in [0, 0.1) is 22.6 Å². The van der Waals surface area contributed by atoms with Crippen LogP contribution in [0.1, 0.15) is 33.2 Å². The third-order valence-electron chi connectivity index (χ3n) is 6.98. The second kappa shape index (κ2) is 11.6. The number of nitriles is 1. The standard InChI is InChI=1S/C31H32FN7O3/c1-31(2,3)14-19(15-33)30(40)38-16-20(12-23(17-38)41-4)39-29-26(28(34)35-18-36-29)27(37-39)24-11-10-22(13-25(24)32)42-21-8-6-5-7-9-21/h5-11,13-14,18,20,23H,12,16-17H2,1-4H3,(H2,34,35,36)/b19-14+/t20-,23-/m1/s1. The van der Waals surface area contributed by atoms with Gasteiger partial charge in [0.05, 0.1) is 17.5 Å². The van der Waals surface area contributed by atoms with Crippen LogP contribution < -0.4 is 10.5 Å². The molecule has 1 fully saturated rings. The van der Waals surface area contributed by atoms with Crippen LogP contribution in [-0.4, -0.2) is 56.9 Å². The summed E-state index contributed by atoms with van der Waals surface area (Å²) in [5, 5.41) is 14.9. The van der Waals surface area contributed by atoms with Gasteiger partial charge in [-0.1, -0.05) is 45.0 Å². The first-order chi connectivity index (χ1) is 20.1. The molecule has 1 aliphatic heterocycles. The number of ether oxygens (including phenoxy) is 2. The third kappa shape index (κ3) is 5.94. The summed E-state index contributed by atoms with van der Waals surface area (Å²) in [6, 6.07) is 15.3. The van der Waals surface area contributed by atoms with Gasteiger partial charge in [0.25, 0.3) is 5.91 Å². The molecule has 0 unspecified atom stereocenters. The second-order valence-electron chi connectivity index (χ2n) is 11.3. The average Bonchev–Trinajstić information content (AvgIpc) is 3.36. The summed E-state index contributed by atoms with van der Waals surface area (Å²) in [5.74, 6) is 0.121. The number of hydrogen-bond acceptors (Lipinski definition) is 8. The molecule has 2 aromatic heterocycles. The number of nitrogens with two attached hydrogens (primary N) is 1. The molecule has 2 aromatic carbocycles. The molecule has 0 radical (unpaired) electrons. The van der Waals surface area contributed by atoms with Crippen molar-refractivity contribution in [2.45, 2.75) is 39.3 Å². The van der Waals surface area contributed by atoms with Gasteiger partial charge in [-0.2, -0.15) is 10.4 Å². The fraction of sp³-hybridized carbons (Fsp3) is 0.323. The molecule has 1 aliphatic rings. The quantitative estimate of drug-likeness (QED) is 0.245. The van der Waals surface area contributed by atoms with E-state index in [2.05, 4.69) is 9.97 Å². The molecular formula is C31H32FN7O3. The monoisotopic (exact) mass is 569 g/mol. The Balaban J connectivity index is 1.53. The van der Waals surface area contributed by atoms with Gasteiger partial charge in [-0.3, -0.25) is 4.79 Å². The smallest absolute Gasteiger partial charge is 0.264 e. The van der Waals surface area contributed by atoms with Crippen LogP contribution in [0.3, 0.4) is 0 Å². The molecule has 11 heteroatoms. The van der Waals surface area contributed by atoms with Gasteiger partial charge in [0.15, 0.2) is 5.65 Å². The molecule has 2 N–H and O–H groups in total. The molecule has 216 valence electrons. The van der Waals surface area contributed by atoms with Crippen LogP contribution in [-0.2, 0) is 9.53 Å². The van der Waals surface area contributed by atoms with Crippen molar-refractivity contribution in [2.75, 3.05) is 25.9 Å². The Kier molecular flexibility index (Phi) is 7.91. The van der Waals surface area contributed by atoms with Gasteiger partial charge >= 0.3 is 0 Å². The molecule has 0 saturated carbocycles. The summed E-state index contributed by atoms with van der Waals surface area (Å²) < 4.78 is 28.7. The Morgan fingerprint density at radius 3 is 2.57 bits per heavy atom. The first-order valence-electron chi connectivity index (χ1n) is 13.5. The number of nitrogens with zero attached hydrogens (tertiary/aromatic N) is 6. The summed E-state index contributed by atoms with van der Waals surface area (Å²) in [4.78, 5) is 23.6. The zero-order valence-electron chi connectivity index (χ0n) is 23.9. The topological polar surface area (TPSA) is 132 Å². The number of nitrogen functional groups attached to an aromatic ring is 1. The number of para-hydroxylation sites is 1. The molecule has 0 aliphatic carbocycles. The van der Waals surface area contributed by atoms with Crippen molar-refractivity contribution < 1.29 is 18.7 Å². The van der Waals surface area contributed by atoms with Crippen molar-refractivity contribution in [1.82, 2.24) is 24.6 Å². The van der Waals surface area contributed by atoms with Gasteiger partial charge < -0.3 is 20.1 Å². The Morgan fingerprint density at radius 2 is 1.90 bits per heavy atom. The second-order valence-corrected chi connectivity index (χ2v) is 11.3. The zero-order chi connectivity index (χ0) is 30.0. The van der Waals surface area contributed by atoms with Gasteiger partial charge in [-0.15, -0.1) is 0 Å². The van der Waals surface area contributed by atoms with Gasteiger partial charge in [0.1, 0.15) is 46.8 Å². The van der Waals surface area contributed by atoms with Gasteiger partial charge in [0, 0.05) is 31.8 Å². The van der Waals surface area contributed by atoms with Crippen molar-refractivity contribution in [1.29, 1.82) is 5.26 Å². The van der Waals surface area contributed by atoms with Gasteiger partial charge in [0.2, 0.25) is 0 Å². The Labute approximate surface area is 243 Å². The van der Waals surface area contributed by atoms with Crippen molar-refractivity contribution >= 4 is 22.8 Å². The highest BCUT2D eigenvalue weighted by Gasteiger charge is 2.35. The lowest BCUT2D eigenvalue weighted by atomic mass is 9.93. The molecule has 10 nitrogen and oxygen atoms in total. The largest absolute Gasteiger partial charge is 0.457 e. The highest BCUT2D eigenvalue weighted by molar-refractivity contribution is 5.99. The SMILES string of the molecule is CO[C@@H]1C[C@@H](n2nc(-c3ccc(Oc4ccccc4)cc3F)c3c(N)ncnc32)CN(C(=O)/C(C#N)=C/C(C)(C)C)C1. The number of fused-ring (bicyclic) bond motifs is 1. The molecule has 1 amide bonds. The maximum absolute atomic E-state index is 15.6. The molecule has 2 atom stereocenters. The highest BCUT2D eigenvalue weighted by atomic mass is 19.1. The Hall–Kier alpha value is -4.82. The molecule has 1 saturated heterocycles. The van der Waals surface area contributed by atoms with Crippen LogP contribution in [0.5, 0.6) is 11.5 Å². The van der Waals surface area contributed by atoms with Crippen LogP contribution in [0.4, 0.5) is 10.2 Å². The molecule has 3 heterocycles. The van der Waals surface area contributed by atoms with Gasteiger partial charge in [-0.25, -0.2) is 19.0 Å². The molecule has 0 bridgehead atoms. The van der Waals surface area contributed by atoms with Crippen LogP contribution >= 0.6 is 0 Å². The first-order valence-corrected chi connectivity index (χ1v) is 13.5. The predicted molar refractivity (Wildman–Crippen MR) is 156 cm³/mol. The van der Waals surface area contributed by atoms with Crippen molar-refractivity contribution in [2.24, 2.45) is 5.41 Å². The van der Waals surface area contributed by atoms with Crippen LogP contribution in [0.25, 0.3) is 22.3 Å². The summed E-state index contributed by atoms with van der Waals surface area (Å²) in [7, 11) is 1.58. The number of methoxy groups -OCH3 is 1. The van der Waals surface area contributed by atoms with E-state index in [0.717, 1.165) is 0 Å². The summed E-state index contributed by atoms with van der Waals surface area (Å²) in [5.41, 5.74) is 6.87. The number of allylic oxidation sites excluding steroid dienone is 1. The maximum Gasteiger partial charge on any atom is 0.264 e. The minimum absolute atomic E-state index is 0.0652. The minimum atomic E-state index is -0.556. The normalized spacial score (nSPS) is 17.7. The number of benzene rings is 2. The Bertz CT molecular complexity index is 1690. The van der Waals surface area contributed by atoms with E-state index in [1.807, 2.05) is 45.0 Å².